The molecule has 186 valence electrons. The Morgan fingerprint density at radius 3 is 2.63 bits per heavy atom. The molecule has 0 spiro atoms. The number of aliphatic imine (C=N–C) groups is 1. The van der Waals surface area contributed by atoms with Gasteiger partial charge in [-0.3, -0.25) is 25.2 Å². The minimum absolute atomic E-state index is 0.0544. The van der Waals surface area contributed by atoms with Crippen LogP contribution in [0.15, 0.2) is 29.4 Å². The Morgan fingerprint density at radius 1 is 1.26 bits per heavy atom. The maximum atomic E-state index is 12.2. The van der Waals surface area contributed by atoms with Crippen LogP contribution < -0.4 is 5.73 Å². The van der Waals surface area contributed by atoms with Crippen molar-refractivity contribution in [1.29, 1.82) is 0 Å². The second kappa shape index (κ2) is 9.02. The fraction of sp³-hybridized carbons (Fsp3) is 0.538. The van der Waals surface area contributed by atoms with E-state index in [9.17, 15) is 20.2 Å². The number of anilines is 1. The predicted molar refractivity (Wildman–Crippen MR) is 136 cm³/mol. The zero-order valence-electron chi connectivity index (χ0n) is 20.8. The summed E-state index contributed by atoms with van der Waals surface area (Å²) in [5, 5.41) is 24.2. The van der Waals surface area contributed by atoms with Crippen LogP contribution in [-0.4, -0.2) is 27.6 Å². The largest absolute Gasteiger partial charge is 0.383 e. The molecule has 35 heavy (non-hydrogen) atoms. The molecule has 4 rings (SSSR count). The van der Waals surface area contributed by atoms with Crippen molar-refractivity contribution in [2.45, 2.75) is 71.1 Å². The summed E-state index contributed by atoms with van der Waals surface area (Å²) in [6, 6.07) is 5.34. The molecule has 9 heteroatoms. The lowest BCUT2D eigenvalue weighted by atomic mass is 9.49. The quantitative estimate of drug-likeness (QED) is 0.319. The second-order valence-electron chi connectivity index (χ2n) is 10.8. The minimum atomic E-state index is -0.458. The summed E-state index contributed by atoms with van der Waals surface area (Å²) in [5.41, 5.74) is 7.70. The maximum Gasteiger partial charge on any atom is 0.283 e. The summed E-state index contributed by atoms with van der Waals surface area (Å²) in [6.45, 7) is 8.51. The van der Waals surface area contributed by atoms with Crippen molar-refractivity contribution in [1.82, 2.24) is 4.98 Å². The first kappa shape index (κ1) is 24.8. The lowest BCUT2D eigenvalue weighted by molar-refractivity contribution is -0.396. The Kier molecular flexibility index (Phi) is 6.38. The summed E-state index contributed by atoms with van der Waals surface area (Å²) >= 11 is 0. The highest BCUT2D eigenvalue weighted by molar-refractivity contribution is 5.85. The van der Waals surface area contributed by atoms with Crippen molar-refractivity contribution in [3.05, 3.63) is 66.9 Å². The molecule has 1 saturated carbocycles. The fourth-order valence-corrected chi connectivity index (χ4v) is 6.74. The van der Waals surface area contributed by atoms with Gasteiger partial charge in [-0.2, -0.15) is 0 Å². The molecular formula is C26H33N5O4. The Bertz CT molecular complexity index is 1210. The van der Waals surface area contributed by atoms with Crippen molar-refractivity contribution in [3.63, 3.8) is 0 Å². The van der Waals surface area contributed by atoms with Gasteiger partial charge in [0.15, 0.2) is 0 Å². The summed E-state index contributed by atoms with van der Waals surface area (Å²) in [4.78, 5) is 32.2. The molecule has 1 heterocycles. The van der Waals surface area contributed by atoms with Gasteiger partial charge < -0.3 is 5.73 Å². The molecule has 0 bridgehead atoms. The summed E-state index contributed by atoms with van der Waals surface area (Å²) in [5.74, 6) is 0.309. The highest BCUT2D eigenvalue weighted by Gasteiger charge is 2.54. The van der Waals surface area contributed by atoms with Gasteiger partial charge in [-0.15, -0.1) is 0 Å². The van der Waals surface area contributed by atoms with E-state index >= 15 is 0 Å². The van der Waals surface area contributed by atoms with Gasteiger partial charge in [0.05, 0.1) is 9.85 Å². The first-order valence-electron chi connectivity index (χ1n) is 12.2. The molecule has 1 aromatic carbocycles. The third kappa shape index (κ3) is 4.17. The van der Waals surface area contributed by atoms with Crippen molar-refractivity contribution >= 4 is 23.4 Å². The van der Waals surface area contributed by atoms with Crippen LogP contribution in [0.4, 0.5) is 17.2 Å². The van der Waals surface area contributed by atoms with E-state index in [2.05, 4.69) is 18.8 Å². The third-order valence-corrected chi connectivity index (χ3v) is 8.29. The van der Waals surface area contributed by atoms with Crippen molar-refractivity contribution in [2.75, 3.05) is 12.3 Å². The lowest BCUT2D eigenvalue weighted by Crippen LogP contribution is -2.50. The minimum Gasteiger partial charge on any atom is -0.383 e. The topological polar surface area (TPSA) is 138 Å². The Morgan fingerprint density at radius 2 is 2.00 bits per heavy atom. The maximum absolute atomic E-state index is 12.2. The molecule has 0 amide bonds. The van der Waals surface area contributed by atoms with E-state index < -0.39 is 15.3 Å². The van der Waals surface area contributed by atoms with Gasteiger partial charge in [-0.25, -0.2) is 4.98 Å². The number of rotatable bonds is 6. The smallest absolute Gasteiger partial charge is 0.283 e. The van der Waals surface area contributed by atoms with Crippen LogP contribution in [0.5, 0.6) is 0 Å². The van der Waals surface area contributed by atoms with Crippen LogP contribution in [-0.2, 0) is 11.8 Å². The Balaban J connectivity index is 1.78. The molecule has 2 aliphatic rings. The number of nitrogens with two attached hydrogens (primary N) is 1. The molecule has 1 fully saturated rings. The molecule has 2 N–H and O–H groups in total. The molecule has 0 radical (unpaired) electrons. The van der Waals surface area contributed by atoms with Crippen LogP contribution in [0.25, 0.3) is 0 Å². The molecule has 2 aliphatic carbocycles. The van der Waals surface area contributed by atoms with Gasteiger partial charge in [0, 0.05) is 36.1 Å². The Labute approximate surface area is 205 Å². The first-order chi connectivity index (χ1) is 16.5. The van der Waals surface area contributed by atoms with Gasteiger partial charge in [-0.05, 0) is 66.0 Å². The average molecular weight is 480 g/mol. The highest BCUT2D eigenvalue weighted by Crippen LogP contribution is 2.59. The van der Waals surface area contributed by atoms with Crippen LogP contribution in [0, 0.1) is 31.6 Å². The van der Waals surface area contributed by atoms with Gasteiger partial charge in [0.1, 0.15) is 11.4 Å². The van der Waals surface area contributed by atoms with Crippen LogP contribution in [0.2, 0.25) is 0 Å². The number of pyridine rings is 1. The number of hydrogen-bond acceptors (Lipinski definition) is 7. The van der Waals surface area contributed by atoms with Crippen molar-refractivity contribution < 1.29 is 9.85 Å². The summed E-state index contributed by atoms with van der Waals surface area (Å²) in [6.07, 6.45) is 7.50. The van der Waals surface area contributed by atoms with E-state index in [1.54, 1.807) is 32.3 Å². The summed E-state index contributed by atoms with van der Waals surface area (Å²) < 4.78 is 0. The van der Waals surface area contributed by atoms with Crippen LogP contribution in [0.1, 0.15) is 81.5 Å². The first-order valence-corrected chi connectivity index (χ1v) is 12.2. The second-order valence-corrected chi connectivity index (χ2v) is 10.8. The molecule has 0 saturated heterocycles. The number of nitro benzene ring substituents is 2. The molecular weight excluding hydrogens is 446 g/mol. The Hall–Kier alpha value is -3.36. The van der Waals surface area contributed by atoms with Gasteiger partial charge in [0.2, 0.25) is 0 Å². The normalized spacial score (nSPS) is 25.9. The molecule has 9 nitrogen and oxygen atoms in total. The zero-order valence-corrected chi connectivity index (χ0v) is 20.8. The van der Waals surface area contributed by atoms with Crippen molar-refractivity contribution in [2.24, 2.45) is 16.3 Å². The zero-order chi connectivity index (χ0) is 25.5. The van der Waals surface area contributed by atoms with Crippen LogP contribution >= 0.6 is 0 Å². The lowest BCUT2D eigenvalue weighted by Gasteiger charge is -2.55. The monoisotopic (exact) mass is 479 g/mol. The molecule has 2 aromatic rings. The number of benzene rings is 1. The summed E-state index contributed by atoms with van der Waals surface area (Å²) in [7, 11) is 0. The number of nitrogens with zero attached hydrogens (tertiary/aromatic N) is 4. The van der Waals surface area contributed by atoms with E-state index in [1.807, 2.05) is 12.1 Å². The number of fused-ring (bicyclic) bond motifs is 3. The number of nitro groups is 2. The van der Waals surface area contributed by atoms with Crippen molar-refractivity contribution in [3.8, 4) is 0 Å². The SMILES string of the molecule is CC(C)c1c([N+](=O)[O-])cc2c(c1[N+](=O)[O-])CCC1C(C)(CN=Cc3cccnc3N)CCCC21C. The van der Waals surface area contributed by atoms with E-state index in [0.717, 1.165) is 36.8 Å². The van der Waals surface area contributed by atoms with E-state index in [1.165, 1.54) is 0 Å². The average Bonchev–Trinajstić information content (AvgIpc) is 2.78. The standard InChI is InChI=1S/C26H33N5O4/c1-16(2)22-20(30(32)33)13-19-18(23(22)31(34)35)8-9-21-25(3,10-6-11-26(19,21)4)15-28-14-17-7-5-12-29-24(17)27/h5,7,12-14,16,21H,6,8-11,15H2,1-4H3,(H2,27,29). The van der Waals surface area contributed by atoms with E-state index in [0.29, 0.717) is 24.3 Å². The van der Waals surface area contributed by atoms with Gasteiger partial charge >= 0.3 is 0 Å². The molecule has 1 aromatic heterocycles. The third-order valence-electron chi connectivity index (χ3n) is 8.29. The number of nitrogen functional groups attached to an aromatic ring is 1. The molecule has 0 aliphatic heterocycles. The predicted octanol–water partition coefficient (Wildman–Crippen LogP) is 5.73. The van der Waals surface area contributed by atoms with Crippen LogP contribution in [0.3, 0.4) is 0 Å². The van der Waals surface area contributed by atoms with E-state index in [-0.39, 0.29) is 34.2 Å². The molecule has 3 unspecified atom stereocenters. The van der Waals surface area contributed by atoms with Gasteiger partial charge in [-0.1, -0.05) is 34.1 Å². The number of hydrogen-bond donors (Lipinski definition) is 1. The highest BCUT2D eigenvalue weighted by atomic mass is 16.6. The van der Waals surface area contributed by atoms with E-state index in [4.69, 9.17) is 10.7 Å². The fourth-order valence-electron chi connectivity index (χ4n) is 6.74. The number of aromatic nitrogens is 1. The molecule has 3 atom stereocenters. The van der Waals surface area contributed by atoms with Gasteiger partial charge in [0.25, 0.3) is 11.4 Å².